The van der Waals surface area contributed by atoms with E-state index < -0.39 is 0 Å². The van der Waals surface area contributed by atoms with Gasteiger partial charge in [0.25, 0.3) is 0 Å². The van der Waals surface area contributed by atoms with Crippen molar-refractivity contribution in [3.8, 4) is 5.75 Å². The first-order valence-corrected chi connectivity index (χ1v) is 4.59. The molecule has 0 amide bonds. The number of hydrogen-bond acceptors (Lipinski definition) is 2. The zero-order chi connectivity index (χ0) is 9.68. The summed E-state index contributed by atoms with van der Waals surface area (Å²) in [5, 5.41) is 0.635. The molecule has 0 spiro atoms. The average molecular weight is 219 g/mol. The fraction of sp³-hybridized carbons (Fsp3) is 0.222. The summed E-state index contributed by atoms with van der Waals surface area (Å²) in [6.45, 7) is 0.00509. The number of ether oxygens (including phenoxy) is 1. The number of ketones is 1. The number of alkyl halides is 1. The SMILES string of the molecule is O=C(CCl)COc1ccc(Cl)cc1. The van der Waals surface area contributed by atoms with Crippen LogP contribution in [-0.4, -0.2) is 18.3 Å². The molecule has 0 saturated carbocycles. The molecule has 4 heteroatoms. The van der Waals surface area contributed by atoms with Crippen molar-refractivity contribution in [1.82, 2.24) is 0 Å². The van der Waals surface area contributed by atoms with Gasteiger partial charge in [-0.05, 0) is 24.3 Å². The van der Waals surface area contributed by atoms with Gasteiger partial charge in [0.05, 0.1) is 5.88 Å². The van der Waals surface area contributed by atoms with Crippen LogP contribution in [0.4, 0.5) is 0 Å². The molecular formula is C9H8Cl2O2. The van der Waals surface area contributed by atoms with Gasteiger partial charge in [0.15, 0.2) is 5.78 Å². The van der Waals surface area contributed by atoms with Gasteiger partial charge in [0.2, 0.25) is 0 Å². The fourth-order valence-electron chi connectivity index (χ4n) is 0.733. The third-order valence-electron chi connectivity index (χ3n) is 1.36. The summed E-state index contributed by atoms with van der Waals surface area (Å²) in [7, 11) is 0. The Morgan fingerprint density at radius 2 is 1.92 bits per heavy atom. The second-order valence-electron chi connectivity index (χ2n) is 2.41. The van der Waals surface area contributed by atoms with Crippen molar-refractivity contribution >= 4 is 29.0 Å². The molecular weight excluding hydrogens is 211 g/mol. The van der Waals surface area contributed by atoms with E-state index in [0.717, 1.165) is 0 Å². The van der Waals surface area contributed by atoms with Crippen molar-refractivity contribution in [2.24, 2.45) is 0 Å². The van der Waals surface area contributed by atoms with E-state index in [0.29, 0.717) is 10.8 Å². The van der Waals surface area contributed by atoms with E-state index in [1.807, 2.05) is 0 Å². The predicted octanol–water partition coefficient (Wildman–Crippen LogP) is 2.53. The Kier molecular flexibility index (Phi) is 4.06. The van der Waals surface area contributed by atoms with E-state index in [4.69, 9.17) is 27.9 Å². The minimum absolute atomic E-state index is 0.00509. The van der Waals surface area contributed by atoms with Crippen LogP contribution in [0.3, 0.4) is 0 Å². The Morgan fingerprint density at radius 3 is 2.46 bits per heavy atom. The van der Waals surface area contributed by atoms with Crippen molar-refractivity contribution in [3.05, 3.63) is 29.3 Å². The summed E-state index contributed by atoms with van der Waals surface area (Å²) >= 11 is 11.0. The van der Waals surface area contributed by atoms with Crippen LogP contribution in [0.5, 0.6) is 5.75 Å². The maximum Gasteiger partial charge on any atom is 0.184 e. The maximum atomic E-state index is 10.8. The van der Waals surface area contributed by atoms with Gasteiger partial charge in [-0.25, -0.2) is 0 Å². The molecule has 0 aromatic heterocycles. The maximum absolute atomic E-state index is 10.8. The average Bonchev–Trinajstić information content (AvgIpc) is 2.16. The van der Waals surface area contributed by atoms with Gasteiger partial charge in [0, 0.05) is 5.02 Å². The first-order valence-electron chi connectivity index (χ1n) is 3.68. The van der Waals surface area contributed by atoms with E-state index in [1.54, 1.807) is 24.3 Å². The molecule has 0 N–H and O–H groups in total. The summed E-state index contributed by atoms with van der Waals surface area (Å²) in [6.07, 6.45) is 0. The summed E-state index contributed by atoms with van der Waals surface area (Å²) < 4.78 is 5.12. The van der Waals surface area contributed by atoms with Crippen LogP contribution in [0.1, 0.15) is 0 Å². The minimum Gasteiger partial charge on any atom is -0.486 e. The van der Waals surface area contributed by atoms with E-state index in [2.05, 4.69) is 0 Å². The van der Waals surface area contributed by atoms with Crippen LogP contribution < -0.4 is 4.74 Å². The van der Waals surface area contributed by atoms with Crippen molar-refractivity contribution in [2.45, 2.75) is 0 Å². The second kappa shape index (κ2) is 5.10. The summed E-state index contributed by atoms with van der Waals surface area (Å²) in [5.74, 6) is 0.451. The molecule has 1 aromatic carbocycles. The molecule has 0 unspecified atom stereocenters. The Hall–Kier alpha value is -0.730. The first kappa shape index (κ1) is 10.4. The Morgan fingerprint density at radius 1 is 1.31 bits per heavy atom. The molecule has 70 valence electrons. The standard InChI is InChI=1S/C9H8Cl2O2/c10-5-8(12)6-13-9-3-1-7(11)2-4-9/h1-4H,5-6H2. The summed E-state index contributed by atoms with van der Waals surface area (Å²) in [6, 6.07) is 6.79. The highest BCUT2D eigenvalue weighted by Gasteiger charge is 2.00. The number of carbonyl (C=O) groups excluding carboxylic acids is 1. The van der Waals surface area contributed by atoms with Crippen molar-refractivity contribution < 1.29 is 9.53 Å². The predicted molar refractivity (Wildman–Crippen MR) is 52.7 cm³/mol. The minimum atomic E-state index is -0.142. The molecule has 2 nitrogen and oxygen atoms in total. The highest BCUT2D eigenvalue weighted by atomic mass is 35.5. The molecule has 0 aliphatic heterocycles. The van der Waals surface area contributed by atoms with Crippen molar-refractivity contribution in [3.63, 3.8) is 0 Å². The normalized spacial score (nSPS) is 9.69. The lowest BCUT2D eigenvalue weighted by atomic mass is 10.3. The third kappa shape index (κ3) is 3.66. The molecule has 0 aliphatic rings. The molecule has 0 saturated heterocycles. The first-order chi connectivity index (χ1) is 6.22. The van der Waals surface area contributed by atoms with Crippen LogP contribution in [0.25, 0.3) is 0 Å². The monoisotopic (exact) mass is 218 g/mol. The van der Waals surface area contributed by atoms with E-state index in [1.165, 1.54) is 0 Å². The molecule has 1 aromatic rings. The Balaban J connectivity index is 2.46. The zero-order valence-corrected chi connectivity index (χ0v) is 8.31. The topological polar surface area (TPSA) is 26.3 Å². The largest absolute Gasteiger partial charge is 0.486 e. The van der Waals surface area contributed by atoms with Gasteiger partial charge >= 0.3 is 0 Å². The second-order valence-corrected chi connectivity index (χ2v) is 3.12. The van der Waals surface area contributed by atoms with Gasteiger partial charge in [0.1, 0.15) is 12.4 Å². The number of halogens is 2. The molecule has 0 atom stereocenters. The zero-order valence-electron chi connectivity index (χ0n) is 6.80. The fourth-order valence-corrected chi connectivity index (χ4v) is 0.936. The third-order valence-corrected chi connectivity index (χ3v) is 1.91. The molecule has 0 radical (unpaired) electrons. The van der Waals surface area contributed by atoms with Gasteiger partial charge in [-0.2, -0.15) is 0 Å². The molecule has 0 bridgehead atoms. The molecule has 1 rings (SSSR count). The highest BCUT2D eigenvalue weighted by Crippen LogP contribution is 2.15. The number of Topliss-reactive ketones (excluding diaryl/α,β-unsaturated/α-hetero) is 1. The quantitative estimate of drug-likeness (QED) is 0.727. The molecule has 13 heavy (non-hydrogen) atoms. The lowest BCUT2D eigenvalue weighted by molar-refractivity contribution is -0.118. The van der Waals surface area contributed by atoms with Gasteiger partial charge < -0.3 is 4.74 Å². The van der Waals surface area contributed by atoms with E-state index in [9.17, 15) is 4.79 Å². The number of benzene rings is 1. The van der Waals surface area contributed by atoms with Crippen LogP contribution in [0.15, 0.2) is 24.3 Å². The van der Waals surface area contributed by atoms with Crippen molar-refractivity contribution in [2.75, 3.05) is 12.5 Å². The lowest BCUT2D eigenvalue weighted by Crippen LogP contribution is -2.11. The highest BCUT2D eigenvalue weighted by molar-refractivity contribution is 6.30. The number of rotatable bonds is 4. The summed E-state index contributed by atoms with van der Waals surface area (Å²) in [5.41, 5.74) is 0. The number of hydrogen-bond donors (Lipinski definition) is 0. The van der Waals surface area contributed by atoms with Crippen LogP contribution in [0, 0.1) is 0 Å². The van der Waals surface area contributed by atoms with E-state index in [-0.39, 0.29) is 18.3 Å². The Bertz CT molecular complexity index is 282. The van der Waals surface area contributed by atoms with E-state index >= 15 is 0 Å². The van der Waals surface area contributed by atoms with Crippen LogP contribution in [-0.2, 0) is 4.79 Å². The van der Waals surface area contributed by atoms with Gasteiger partial charge in [-0.1, -0.05) is 11.6 Å². The molecule has 0 heterocycles. The Labute approximate surface area is 86.4 Å². The van der Waals surface area contributed by atoms with Crippen molar-refractivity contribution in [1.29, 1.82) is 0 Å². The van der Waals surface area contributed by atoms with Gasteiger partial charge in [-0.3, -0.25) is 4.79 Å². The summed E-state index contributed by atoms with van der Waals surface area (Å²) in [4.78, 5) is 10.8. The number of carbonyl (C=O) groups is 1. The smallest absolute Gasteiger partial charge is 0.184 e. The van der Waals surface area contributed by atoms with Gasteiger partial charge in [-0.15, -0.1) is 11.6 Å². The van der Waals surface area contributed by atoms with Crippen LogP contribution in [0.2, 0.25) is 5.02 Å². The van der Waals surface area contributed by atoms with Crippen LogP contribution >= 0.6 is 23.2 Å². The molecule has 0 fully saturated rings. The lowest BCUT2D eigenvalue weighted by Gasteiger charge is -2.03. The molecule has 0 aliphatic carbocycles.